The summed E-state index contributed by atoms with van der Waals surface area (Å²) in [4.78, 5) is 8.99. The van der Waals surface area contributed by atoms with Gasteiger partial charge in [-0.25, -0.2) is 9.97 Å². The molecule has 2 N–H and O–H groups in total. The van der Waals surface area contributed by atoms with Crippen molar-refractivity contribution in [1.82, 2.24) is 9.97 Å². The average Bonchev–Trinajstić information content (AvgIpc) is 2.44. The van der Waals surface area contributed by atoms with Gasteiger partial charge in [0, 0.05) is 28.5 Å². The first-order valence-corrected chi connectivity index (χ1v) is 7.87. The lowest BCUT2D eigenvalue weighted by atomic mass is 10.2. The molecule has 1 aromatic carbocycles. The van der Waals surface area contributed by atoms with E-state index in [1.54, 1.807) is 0 Å². The maximum Gasteiger partial charge on any atom is 0.136 e. The minimum atomic E-state index is 0.254. The third-order valence-electron chi connectivity index (χ3n) is 3.03. The van der Waals surface area contributed by atoms with Gasteiger partial charge in [0.15, 0.2) is 0 Å². The molecule has 0 radical (unpaired) electrons. The van der Waals surface area contributed by atoms with Crippen LogP contribution in [-0.2, 0) is 0 Å². The highest BCUT2D eigenvalue weighted by molar-refractivity contribution is 9.10. The molecule has 1 aromatic heterocycles. The van der Waals surface area contributed by atoms with E-state index in [-0.39, 0.29) is 5.92 Å². The molecule has 4 nitrogen and oxygen atoms in total. The topological polar surface area (TPSA) is 49.8 Å². The lowest BCUT2D eigenvalue weighted by Crippen LogP contribution is -2.05. The molecule has 0 bridgehead atoms. The Bertz CT molecular complexity index is 658. The molecular formula is C15H18BrClN4. The molecule has 2 aromatic rings. The van der Waals surface area contributed by atoms with Gasteiger partial charge in [-0.05, 0) is 40.5 Å². The third kappa shape index (κ3) is 3.86. The fraction of sp³-hybridized carbons (Fsp3) is 0.333. The number of rotatable bonds is 4. The highest BCUT2D eigenvalue weighted by Crippen LogP contribution is 2.31. The Morgan fingerprint density at radius 3 is 2.43 bits per heavy atom. The monoisotopic (exact) mass is 368 g/mol. The van der Waals surface area contributed by atoms with Crippen molar-refractivity contribution < 1.29 is 0 Å². The molecule has 0 aliphatic heterocycles. The Morgan fingerprint density at radius 2 is 1.81 bits per heavy atom. The second-order valence-electron chi connectivity index (χ2n) is 5.11. The molecule has 0 amide bonds. The Balaban J connectivity index is 2.39. The minimum Gasteiger partial charge on any atom is -0.373 e. The van der Waals surface area contributed by atoms with Crippen molar-refractivity contribution >= 4 is 44.9 Å². The molecular weight excluding hydrogens is 352 g/mol. The van der Waals surface area contributed by atoms with Crippen LogP contribution in [0.2, 0.25) is 5.02 Å². The van der Waals surface area contributed by atoms with E-state index in [1.165, 1.54) is 0 Å². The number of benzene rings is 1. The molecule has 112 valence electrons. The van der Waals surface area contributed by atoms with Gasteiger partial charge in [-0.2, -0.15) is 0 Å². The maximum atomic E-state index is 6.19. The summed E-state index contributed by atoms with van der Waals surface area (Å²) in [5.41, 5.74) is 1.90. The number of nitrogens with zero attached hydrogens (tertiary/aromatic N) is 2. The van der Waals surface area contributed by atoms with Crippen LogP contribution < -0.4 is 10.6 Å². The average molecular weight is 370 g/mol. The van der Waals surface area contributed by atoms with Crippen LogP contribution >= 0.6 is 27.5 Å². The molecule has 0 aliphatic carbocycles. The van der Waals surface area contributed by atoms with Crippen molar-refractivity contribution in [2.24, 2.45) is 0 Å². The van der Waals surface area contributed by atoms with Crippen LogP contribution in [0.15, 0.2) is 22.7 Å². The SMILES string of the molecule is CNc1cc(Nc2cc(Cl)c(C)cc2Br)nc(C(C)C)n1. The lowest BCUT2D eigenvalue weighted by Gasteiger charge is -2.13. The van der Waals surface area contributed by atoms with E-state index in [0.29, 0.717) is 5.02 Å². The second-order valence-corrected chi connectivity index (χ2v) is 6.37. The summed E-state index contributed by atoms with van der Waals surface area (Å²) in [7, 11) is 1.84. The molecule has 1 heterocycles. The largest absolute Gasteiger partial charge is 0.373 e. The number of anilines is 3. The first kappa shape index (κ1) is 16.0. The summed E-state index contributed by atoms with van der Waals surface area (Å²) >= 11 is 9.73. The van der Waals surface area contributed by atoms with Crippen LogP contribution in [0.5, 0.6) is 0 Å². The van der Waals surface area contributed by atoms with E-state index in [2.05, 4.69) is 50.4 Å². The zero-order valence-electron chi connectivity index (χ0n) is 12.5. The first-order chi connectivity index (χ1) is 9.90. The Hall–Kier alpha value is -1.33. The summed E-state index contributed by atoms with van der Waals surface area (Å²) < 4.78 is 0.945. The van der Waals surface area contributed by atoms with Gasteiger partial charge in [-0.15, -0.1) is 0 Å². The number of aromatic nitrogens is 2. The van der Waals surface area contributed by atoms with E-state index in [1.807, 2.05) is 32.2 Å². The number of hydrogen-bond acceptors (Lipinski definition) is 4. The number of nitrogens with one attached hydrogen (secondary N) is 2. The minimum absolute atomic E-state index is 0.254. The van der Waals surface area contributed by atoms with Crippen LogP contribution in [0.3, 0.4) is 0 Å². The van der Waals surface area contributed by atoms with E-state index >= 15 is 0 Å². The van der Waals surface area contributed by atoms with Gasteiger partial charge < -0.3 is 10.6 Å². The smallest absolute Gasteiger partial charge is 0.136 e. The number of aryl methyl sites for hydroxylation is 1. The zero-order valence-corrected chi connectivity index (χ0v) is 14.8. The van der Waals surface area contributed by atoms with Gasteiger partial charge in [0.25, 0.3) is 0 Å². The van der Waals surface area contributed by atoms with Crippen LogP contribution in [0, 0.1) is 6.92 Å². The van der Waals surface area contributed by atoms with E-state index in [4.69, 9.17) is 11.6 Å². The highest BCUT2D eigenvalue weighted by atomic mass is 79.9. The zero-order chi connectivity index (χ0) is 15.6. The van der Waals surface area contributed by atoms with Gasteiger partial charge in [0.05, 0.1) is 5.69 Å². The standard InChI is InChI=1S/C15H18BrClN4/c1-8(2)15-20-13(18-4)7-14(21-15)19-12-6-11(17)9(3)5-10(12)16/h5-8H,1-4H3,(H2,18,19,20,21). The Morgan fingerprint density at radius 1 is 1.14 bits per heavy atom. The molecule has 6 heteroatoms. The normalized spacial score (nSPS) is 10.8. The number of hydrogen-bond donors (Lipinski definition) is 2. The Kier molecular flexibility index (Phi) is 5.06. The lowest BCUT2D eigenvalue weighted by molar-refractivity contribution is 0.778. The van der Waals surface area contributed by atoms with E-state index in [9.17, 15) is 0 Å². The van der Waals surface area contributed by atoms with Gasteiger partial charge >= 0.3 is 0 Å². The van der Waals surface area contributed by atoms with Gasteiger partial charge in [-0.3, -0.25) is 0 Å². The van der Waals surface area contributed by atoms with E-state index < -0.39 is 0 Å². The summed E-state index contributed by atoms with van der Waals surface area (Å²) in [6.45, 7) is 6.10. The molecule has 21 heavy (non-hydrogen) atoms. The summed E-state index contributed by atoms with van der Waals surface area (Å²) in [6, 6.07) is 5.73. The fourth-order valence-electron chi connectivity index (χ4n) is 1.80. The quantitative estimate of drug-likeness (QED) is 0.786. The van der Waals surface area contributed by atoms with Gasteiger partial charge in [-0.1, -0.05) is 25.4 Å². The number of halogens is 2. The van der Waals surface area contributed by atoms with Crippen LogP contribution in [0.25, 0.3) is 0 Å². The fourth-order valence-corrected chi connectivity index (χ4v) is 2.52. The molecule has 0 aliphatic rings. The van der Waals surface area contributed by atoms with Crippen molar-refractivity contribution in [2.45, 2.75) is 26.7 Å². The summed E-state index contributed by atoms with van der Waals surface area (Å²) in [6.07, 6.45) is 0. The molecule has 0 saturated carbocycles. The van der Waals surface area contributed by atoms with Crippen molar-refractivity contribution in [2.75, 3.05) is 17.7 Å². The van der Waals surface area contributed by atoms with Crippen LogP contribution in [0.4, 0.5) is 17.3 Å². The predicted molar refractivity (Wildman–Crippen MR) is 92.8 cm³/mol. The van der Waals surface area contributed by atoms with Crippen LogP contribution in [-0.4, -0.2) is 17.0 Å². The summed E-state index contributed by atoms with van der Waals surface area (Å²) in [5, 5.41) is 7.06. The molecule has 2 rings (SSSR count). The van der Waals surface area contributed by atoms with Crippen LogP contribution in [0.1, 0.15) is 31.2 Å². The molecule has 0 spiro atoms. The molecule has 0 fully saturated rings. The Labute approximate surface area is 138 Å². The summed E-state index contributed by atoms with van der Waals surface area (Å²) in [5.74, 6) is 2.56. The predicted octanol–water partition coefficient (Wildman–Crippen LogP) is 5.11. The third-order valence-corrected chi connectivity index (χ3v) is 4.09. The van der Waals surface area contributed by atoms with Crippen molar-refractivity contribution in [3.8, 4) is 0 Å². The van der Waals surface area contributed by atoms with Crippen molar-refractivity contribution in [1.29, 1.82) is 0 Å². The van der Waals surface area contributed by atoms with E-state index in [0.717, 1.165) is 33.2 Å². The van der Waals surface area contributed by atoms with Gasteiger partial charge in [0.2, 0.25) is 0 Å². The van der Waals surface area contributed by atoms with Gasteiger partial charge in [0.1, 0.15) is 17.5 Å². The van der Waals surface area contributed by atoms with Crippen molar-refractivity contribution in [3.63, 3.8) is 0 Å². The molecule has 0 saturated heterocycles. The van der Waals surface area contributed by atoms with Crippen molar-refractivity contribution in [3.05, 3.63) is 39.1 Å². The first-order valence-electron chi connectivity index (χ1n) is 6.70. The molecule has 0 unspecified atom stereocenters. The highest BCUT2D eigenvalue weighted by Gasteiger charge is 2.10. The second kappa shape index (κ2) is 6.62. The molecule has 0 atom stereocenters. The maximum absolute atomic E-state index is 6.19.